The number of hydrogen-bond donors (Lipinski definition) is 2. The Labute approximate surface area is 124 Å². The zero-order chi connectivity index (χ0) is 13.8. The summed E-state index contributed by atoms with van der Waals surface area (Å²) in [5.74, 6) is 1.40. The Hall–Kier alpha value is -1.66. The summed E-state index contributed by atoms with van der Waals surface area (Å²) in [6.45, 7) is 2.04. The van der Waals surface area contributed by atoms with E-state index in [1.807, 2.05) is 37.3 Å². The van der Waals surface area contributed by atoms with Crippen molar-refractivity contribution >= 4 is 39.5 Å². The lowest BCUT2D eigenvalue weighted by atomic mass is 10.1. The summed E-state index contributed by atoms with van der Waals surface area (Å²) in [4.78, 5) is 0. The van der Waals surface area contributed by atoms with Crippen molar-refractivity contribution in [2.45, 2.75) is 6.92 Å². The van der Waals surface area contributed by atoms with E-state index in [4.69, 9.17) is 10.2 Å². The second-order valence-electron chi connectivity index (χ2n) is 3.90. The molecule has 0 aliphatic carbocycles. The smallest absolute Gasteiger partial charge is 0.184 e. The Morgan fingerprint density at radius 2 is 2.21 bits per heavy atom. The normalized spacial score (nSPS) is 10.8. The predicted molar refractivity (Wildman–Crippen MR) is 84.1 cm³/mol. The first-order chi connectivity index (χ1) is 9.06. The largest absolute Gasteiger partial charge is 0.455 e. The summed E-state index contributed by atoms with van der Waals surface area (Å²) in [7, 11) is 0. The lowest BCUT2D eigenvalue weighted by Crippen LogP contribution is -2.23. The monoisotopic (exact) mass is 337 g/mol. The maximum atomic E-state index is 5.65. The van der Waals surface area contributed by atoms with E-state index >= 15 is 0 Å². The molecule has 1 aromatic carbocycles. The van der Waals surface area contributed by atoms with Crippen LogP contribution in [0.3, 0.4) is 0 Å². The van der Waals surface area contributed by atoms with E-state index in [1.165, 1.54) is 11.8 Å². The molecular weight excluding hydrogens is 326 g/mol. The molecule has 1 heterocycles. The van der Waals surface area contributed by atoms with E-state index in [1.54, 1.807) is 0 Å². The highest BCUT2D eigenvalue weighted by Crippen LogP contribution is 2.26. The van der Waals surface area contributed by atoms with Gasteiger partial charge in [0.25, 0.3) is 0 Å². The third kappa shape index (κ3) is 3.65. The third-order valence-corrected chi connectivity index (χ3v) is 3.40. The van der Waals surface area contributed by atoms with E-state index in [9.17, 15) is 0 Å². The van der Waals surface area contributed by atoms with Gasteiger partial charge in [-0.25, -0.2) is 0 Å². The number of hydrazone groups is 1. The fourth-order valence-electron chi connectivity index (χ4n) is 1.48. The summed E-state index contributed by atoms with van der Waals surface area (Å²) in [5.41, 5.74) is 9.90. The molecule has 0 bridgehead atoms. The van der Waals surface area contributed by atoms with Crippen molar-refractivity contribution in [3.05, 3.63) is 46.1 Å². The van der Waals surface area contributed by atoms with Crippen molar-refractivity contribution in [2.24, 2.45) is 10.8 Å². The fraction of sp³-hybridized carbons (Fsp3) is 0.0769. The Morgan fingerprint density at radius 3 is 2.89 bits per heavy atom. The van der Waals surface area contributed by atoms with Crippen LogP contribution in [0.1, 0.15) is 11.3 Å². The van der Waals surface area contributed by atoms with Crippen molar-refractivity contribution < 1.29 is 4.42 Å². The van der Waals surface area contributed by atoms with Gasteiger partial charge < -0.3 is 10.2 Å². The molecule has 2 aromatic rings. The standard InChI is InChI=1S/C13H12BrN3OS/c1-8-2-3-9(6-11(8)14)12-5-4-10(18-12)7-16-17-13(15)19/h2-7H,1H3,(H3,15,17,19). The SMILES string of the molecule is Cc1ccc(-c2ccc(C=NNC(N)=S)o2)cc1Br. The zero-order valence-corrected chi connectivity index (χ0v) is 12.6. The van der Waals surface area contributed by atoms with Crippen LogP contribution in [-0.4, -0.2) is 11.3 Å². The Balaban J connectivity index is 2.18. The van der Waals surface area contributed by atoms with Crippen LogP contribution >= 0.6 is 28.1 Å². The molecule has 0 unspecified atom stereocenters. The maximum absolute atomic E-state index is 5.65. The van der Waals surface area contributed by atoms with Gasteiger partial charge in [-0.15, -0.1) is 0 Å². The van der Waals surface area contributed by atoms with E-state index in [2.05, 4.69) is 38.7 Å². The minimum absolute atomic E-state index is 0.116. The number of nitrogens with zero attached hydrogens (tertiary/aromatic N) is 1. The van der Waals surface area contributed by atoms with Crippen LogP contribution in [0.15, 0.2) is 44.3 Å². The highest BCUT2D eigenvalue weighted by Gasteiger charge is 2.05. The number of hydrogen-bond acceptors (Lipinski definition) is 3. The maximum Gasteiger partial charge on any atom is 0.184 e. The lowest BCUT2D eigenvalue weighted by molar-refractivity contribution is 0.574. The van der Waals surface area contributed by atoms with Crippen molar-refractivity contribution in [3.63, 3.8) is 0 Å². The van der Waals surface area contributed by atoms with Crippen molar-refractivity contribution in [2.75, 3.05) is 0 Å². The molecule has 0 aliphatic heterocycles. The van der Waals surface area contributed by atoms with Gasteiger partial charge in [-0.05, 0) is 42.9 Å². The second kappa shape index (κ2) is 5.99. The summed E-state index contributed by atoms with van der Waals surface area (Å²) in [6.07, 6.45) is 1.52. The van der Waals surface area contributed by atoms with Crippen LogP contribution in [0.4, 0.5) is 0 Å². The number of benzene rings is 1. The van der Waals surface area contributed by atoms with Gasteiger partial charge in [-0.3, -0.25) is 5.43 Å². The van der Waals surface area contributed by atoms with Crippen LogP contribution in [0.5, 0.6) is 0 Å². The number of aryl methyl sites for hydroxylation is 1. The van der Waals surface area contributed by atoms with Crippen LogP contribution in [-0.2, 0) is 0 Å². The molecule has 0 amide bonds. The predicted octanol–water partition coefficient (Wildman–Crippen LogP) is 3.18. The Kier molecular flexibility index (Phi) is 4.34. The molecule has 0 spiro atoms. The molecule has 0 saturated carbocycles. The molecule has 3 N–H and O–H groups in total. The molecule has 2 rings (SSSR count). The molecule has 0 saturated heterocycles. The number of nitrogens with two attached hydrogens (primary N) is 1. The van der Waals surface area contributed by atoms with Crippen molar-refractivity contribution in [1.29, 1.82) is 0 Å². The molecule has 98 valence electrons. The van der Waals surface area contributed by atoms with Crippen LogP contribution in [0, 0.1) is 6.92 Å². The minimum Gasteiger partial charge on any atom is -0.455 e. The number of furan rings is 1. The average molecular weight is 338 g/mol. The van der Waals surface area contributed by atoms with Crippen LogP contribution in [0.2, 0.25) is 0 Å². The van der Waals surface area contributed by atoms with Crippen LogP contribution < -0.4 is 11.2 Å². The van der Waals surface area contributed by atoms with Gasteiger partial charge in [0.05, 0.1) is 6.21 Å². The van der Waals surface area contributed by atoms with Gasteiger partial charge >= 0.3 is 0 Å². The molecule has 0 fully saturated rings. The molecule has 4 nitrogen and oxygen atoms in total. The highest BCUT2D eigenvalue weighted by atomic mass is 79.9. The summed E-state index contributed by atoms with van der Waals surface area (Å²) < 4.78 is 6.70. The molecule has 0 atom stereocenters. The lowest BCUT2D eigenvalue weighted by Gasteiger charge is -2.01. The quantitative estimate of drug-likeness (QED) is 0.513. The number of halogens is 1. The number of nitrogens with one attached hydrogen (secondary N) is 1. The van der Waals surface area contributed by atoms with E-state index < -0.39 is 0 Å². The zero-order valence-electron chi connectivity index (χ0n) is 10.2. The molecule has 0 aliphatic rings. The highest BCUT2D eigenvalue weighted by molar-refractivity contribution is 9.10. The first-order valence-corrected chi connectivity index (χ1v) is 6.71. The molecular formula is C13H12BrN3OS. The minimum atomic E-state index is 0.116. The van der Waals surface area contributed by atoms with Gasteiger partial charge in [-0.2, -0.15) is 5.10 Å². The molecule has 19 heavy (non-hydrogen) atoms. The summed E-state index contributed by atoms with van der Waals surface area (Å²) in [5, 5.41) is 3.95. The van der Waals surface area contributed by atoms with E-state index in [0.717, 1.165) is 15.8 Å². The third-order valence-electron chi connectivity index (χ3n) is 2.45. The molecule has 6 heteroatoms. The molecule has 0 radical (unpaired) electrons. The van der Waals surface area contributed by atoms with Gasteiger partial charge in [0, 0.05) is 10.0 Å². The van der Waals surface area contributed by atoms with Crippen LogP contribution in [0.25, 0.3) is 11.3 Å². The number of rotatable bonds is 3. The van der Waals surface area contributed by atoms with Crippen molar-refractivity contribution in [3.8, 4) is 11.3 Å². The first-order valence-electron chi connectivity index (χ1n) is 5.51. The summed E-state index contributed by atoms with van der Waals surface area (Å²) >= 11 is 8.14. The van der Waals surface area contributed by atoms with Gasteiger partial charge in [0.15, 0.2) is 5.11 Å². The first kappa shape index (κ1) is 13.8. The molecule has 1 aromatic heterocycles. The Morgan fingerprint density at radius 1 is 1.42 bits per heavy atom. The topological polar surface area (TPSA) is 63.5 Å². The second-order valence-corrected chi connectivity index (χ2v) is 5.19. The van der Waals surface area contributed by atoms with Gasteiger partial charge in [-0.1, -0.05) is 28.1 Å². The average Bonchev–Trinajstić information content (AvgIpc) is 2.81. The van der Waals surface area contributed by atoms with Gasteiger partial charge in [0.2, 0.25) is 0 Å². The number of thiocarbonyl (C=S) groups is 1. The fourth-order valence-corrected chi connectivity index (χ4v) is 1.91. The Bertz CT molecular complexity index is 637. The summed E-state index contributed by atoms with van der Waals surface area (Å²) in [6, 6.07) is 9.77. The van der Waals surface area contributed by atoms with E-state index in [-0.39, 0.29) is 5.11 Å². The van der Waals surface area contributed by atoms with Gasteiger partial charge in [0.1, 0.15) is 11.5 Å². The van der Waals surface area contributed by atoms with Crippen molar-refractivity contribution in [1.82, 2.24) is 5.43 Å². The van der Waals surface area contributed by atoms with E-state index in [0.29, 0.717) is 5.76 Å².